The zero-order valence-corrected chi connectivity index (χ0v) is 12.9. The zero-order chi connectivity index (χ0) is 15.5. The number of benzene rings is 1. The fourth-order valence-electron chi connectivity index (χ4n) is 2.97. The van der Waals surface area contributed by atoms with Gasteiger partial charge in [-0.25, -0.2) is 0 Å². The highest BCUT2D eigenvalue weighted by molar-refractivity contribution is 5.74. The molecule has 0 aromatic heterocycles. The minimum atomic E-state index is -0.718. The lowest BCUT2D eigenvalue weighted by atomic mass is 9.82. The molecule has 1 aliphatic heterocycles. The van der Waals surface area contributed by atoms with Crippen LogP contribution in [0.2, 0.25) is 0 Å². The molecule has 1 aromatic rings. The van der Waals surface area contributed by atoms with Gasteiger partial charge >= 0.3 is 5.97 Å². The minimum absolute atomic E-state index is 0.558. The predicted octanol–water partition coefficient (Wildman–Crippen LogP) is 2.39. The molecule has 1 heterocycles. The van der Waals surface area contributed by atoms with Crippen LogP contribution in [0.4, 0.5) is 0 Å². The summed E-state index contributed by atoms with van der Waals surface area (Å²) in [6.45, 7) is 3.96. The fourth-order valence-corrected chi connectivity index (χ4v) is 2.97. The number of aliphatic carboxylic acids is 1. The van der Waals surface area contributed by atoms with E-state index in [1.165, 1.54) is 0 Å². The largest absolute Gasteiger partial charge is 0.493 e. The van der Waals surface area contributed by atoms with Crippen LogP contribution in [0.1, 0.15) is 25.3 Å². The molecule has 116 valence electrons. The SMILES string of the molecule is COc1cccc(CN2CCCC(C)(C(=O)O)C2)c1OC. The number of carboxylic acids is 1. The first-order chi connectivity index (χ1) is 10.00. The molecule has 1 aliphatic rings. The molecular formula is C16H23NO4. The number of rotatable bonds is 5. The lowest BCUT2D eigenvalue weighted by molar-refractivity contribution is -0.151. The van der Waals surface area contributed by atoms with Crippen LogP contribution < -0.4 is 9.47 Å². The van der Waals surface area contributed by atoms with Crippen molar-refractivity contribution in [3.8, 4) is 11.5 Å². The molecule has 21 heavy (non-hydrogen) atoms. The van der Waals surface area contributed by atoms with Gasteiger partial charge in [0.2, 0.25) is 0 Å². The Hall–Kier alpha value is -1.75. The number of hydrogen-bond donors (Lipinski definition) is 1. The van der Waals surface area contributed by atoms with E-state index in [4.69, 9.17) is 9.47 Å². The summed E-state index contributed by atoms with van der Waals surface area (Å²) in [6.07, 6.45) is 1.63. The van der Waals surface area contributed by atoms with Crippen molar-refractivity contribution < 1.29 is 19.4 Å². The Balaban J connectivity index is 2.17. The summed E-state index contributed by atoms with van der Waals surface area (Å²) in [7, 11) is 3.24. The number of carbonyl (C=O) groups is 1. The highest BCUT2D eigenvalue weighted by Gasteiger charge is 2.37. The van der Waals surface area contributed by atoms with Gasteiger partial charge in [-0.15, -0.1) is 0 Å². The molecule has 0 aliphatic carbocycles. The fraction of sp³-hybridized carbons (Fsp3) is 0.562. The van der Waals surface area contributed by atoms with E-state index in [2.05, 4.69) is 4.90 Å². The van der Waals surface area contributed by atoms with Gasteiger partial charge < -0.3 is 14.6 Å². The quantitative estimate of drug-likeness (QED) is 0.903. The Morgan fingerprint density at radius 3 is 2.76 bits per heavy atom. The molecule has 1 aromatic carbocycles. The van der Waals surface area contributed by atoms with Gasteiger partial charge in [0.25, 0.3) is 0 Å². The summed E-state index contributed by atoms with van der Waals surface area (Å²) in [5.41, 5.74) is 0.358. The molecule has 0 spiro atoms. The van der Waals surface area contributed by atoms with Crippen LogP contribution in [0.15, 0.2) is 18.2 Å². The Bertz CT molecular complexity index is 517. The monoisotopic (exact) mass is 293 g/mol. The van der Waals surface area contributed by atoms with Crippen molar-refractivity contribution in [1.82, 2.24) is 4.90 Å². The first-order valence-corrected chi connectivity index (χ1v) is 7.16. The minimum Gasteiger partial charge on any atom is -0.493 e. The second kappa shape index (κ2) is 6.35. The van der Waals surface area contributed by atoms with Crippen molar-refractivity contribution in [2.45, 2.75) is 26.3 Å². The van der Waals surface area contributed by atoms with Gasteiger partial charge in [0.05, 0.1) is 19.6 Å². The highest BCUT2D eigenvalue weighted by atomic mass is 16.5. The molecule has 1 saturated heterocycles. The molecule has 0 saturated carbocycles. The number of carboxylic acid groups (broad SMARTS) is 1. The summed E-state index contributed by atoms with van der Waals surface area (Å²) in [5, 5.41) is 9.39. The van der Waals surface area contributed by atoms with Crippen molar-refractivity contribution in [3.05, 3.63) is 23.8 Å². The molecular weight excluding hydrogens is 270 g/mol. The molecule has 5 nitrogen and oxygen atoms in total. The first kappa shape index (κ1) is 15.6. The molecule has 2 rings (SSSR count). The average Bonchev–Trinajstić information content (AvgIpc) is 2.47. The summed E-state index contributed by atoms with van der Waals surface area (Å²) < 4.78 is 10.7. The van der Waals surface area contributed by atoms with Crippen LogP contribution in [-0.2, 0) is 11.3 Å². The van der Waals surface area contributed by atoms with Crippen LogP contribution in [0.25, 0.3) is 0 Å². The maximum absolute atomic E-state index is 11.4. The van der Waals surface area contributed by atoms with E-state index in [1.807, 2.05) is 25.1 Å². The Morgan fingerprint density at radius 1 is 1.38 bits per heavy atom. The first-order valence-electron chi connectivity index (χ1n) is 7.16. The standard InChI is InChI=1S/C16H23NO4/c1-16(15(18)19)8-5-9-17(11-16)10-12-6-4-7-13(20-2)14(12)21-3/h4,6-7H,5,8-11H2,1-3H3,(H,18,19). The third kappa shape index (κ3) is 3.29. The van der Waals surface area contributed by atoms with Gasteiger partial charge in [-0.05, 0) is 32.4 Å². The van der Waals surface area contributed by atoms with E-state index in [1.54, 1.807) is 14.2 Å². The molecule has 1 atom stereocenters. The van der Waals surface area contributed by atoms with Crippen LogP contribution in [0.5, 0.6) is 11.5 Å². The molecule has 1 N–H and O–H groups in total. The third-order valence-electron chi connectivity index (χ3n) is 4.17. The number of para-hydroxylation sites is 1. The Morgan fingerprint density at radius 2 is 2.14 bits per heavy atom. The maximum atomic E-state index is 11.4. The van der Waals surface area contributed by atoms with E-state index < -0.39 is 11.4 Å². The molecule has 5 heteroatoms. The third-order valence-corrected chi connectivity index (χ3v) is 4.17. The second-order valence-electron chi connectivity index (χ2n) is 5.83. The van der Waals surface area contributed by atoms with E-state index in [9.17, 15) is 9.90 Å². The zero-order valence-electron chi connectivity index (χ0n) is 12.9. The Kier molecular flexibility index (Phi) is 4.73. The second-order valence-corrected chi connectivity index (χ2v) is 5.83. The summed E-state index contributed by atoms with van der Waals surface area (Å²) in [4.78, 5) is 13.6. The van der Waals surface area contributed by atoms with E-state index >= 15 is 0 Å². The Labute approximate surface area is 125 Å². The van der Waals surface area contributed by atoms with Gasteiger partial charge in [0.1, 0.15) is 0 Å². The van der Waals surface area contributed by atoms with Crippen molar-refractivity contribution in [3.63, 3.8) is 0 Å². The van der Waals surface area contributed by atoms with Gasteiger partial charge in [-0.3, -0.25) is 9.69 Å². The van der Waals surface area contributed by atoms with Crippen LogP contribution >= 0.6 is 0 Å². The van der Waals surface area contributed by atoms with Crippen molar-refractivity contribution in [2.24, 2.45) is 5.41 Å². The van der Waals surface area contributed by atoms with E-state index in [0.717, 1.165) is 30.7 Å². The average molecular weight is 293 g/mol. The normalized spacial score (nSPS) is 22.8. The van der Waals surface area contributed by atoms with Crippen LogP contribution in [0, 0.1) is 5.41 Å². The smallest absolute Gasteiger partial charge is 0.310 e. The topological polar surface area (TPSA) is 59.0 Å². The summed E-state index contributed by atoms with van der Waals surface area (Å²) in [5.74, 6) is 0.709. The lowest BCUT2D eigenvalue weighted by Crippen LogP contribution is -2.45. The van der Waals surface area contributed by atoms with Gasteiger partial charge in [0, 0.05) is 18.7 Å². The number of nitrogens with zero attached hydrogens (tertiary/aromatic N) is 1. The lowest BCUT2D eigenvalue weighted by Gasteiger charge is -2.37. The highest BCUT2D eigenvalue weighted by Crippen LogP contribution is 2.34. The molecule has 0 bridgehead atoms. The van der Waals surface area contributed by atoms with Gasteiger partial charge in [-0.1, -0.05) is 12.1 Å². The maximum Gasteiger partial charge on any atom is 0.310 e. The van der Waals surface area contributed by atoms with Crippen LogP contribution in [-0.4, -0.2) is 43.3 Å². The predicted molar refractivity (Wildman–Crippen MR) is 79.8 cm³/mol. The number of piperidine rings is 1. The number of likely N-dealkylation sites (tertiary alicyclic amines) is 1. The van der Waals surface area contributed by atoms with E-state index in [0.29, 0.717) is 18.8 Å². The van der Waals surface area contributed by atoms with Crippen molar-refractivity contribution in [2.75, 3.05) is 27.3 Å². The molecule has 1 unspecified atom stereocenters. The number of hydrogen-bond acceptors (Lipinski definition) is 4. The van der Waals surface area contributed by atoms with E-state index in [-0.39, 0.29) is 0 Å². The molecule has 0 amide bonds. The number of methoxy groups -OCH3 is 2. The number of ether oxygens (including phenoxy) is 2. The van der Waals surface area contributed by atoms with Gasteiger partial charge in [0.15, 0.2) is 11.5 Å². The summed E-state index contributed by atoms with van der Waals surface area (Å²) in [6, 6.07) is 5.78. The van der Waals surface area contributed by atoms with Gasteiger partial charge in [-0.2, -0.15) is 0 Å². The van der Waals surface area contributed by atoms with Crippen molar-refractivity contribution >= 4 is 5.97 Å². The van der Waals surface area contributed by atoms with Crippen molar-refractivity contribution in [1.29, 1.82) is 0 Å². The molecule has 1 fully saturated rings. The summed E-state index contributed by atoms with van der Waals surface area (Å²) >= 11 is 0. The van der Waals surface area contributed by atoms with Crippen LogP contribution in [0.3, 0.4) is 0 Å². The molecule has 0 radical (unpaired) electrons.